The molecule has 1 saturated carbocycles. The molecule has 1 heterocycles. The predicted molar refractivity (Wildman–Crippen MR) is 68.7 cm³/mol. The van der Waals surface area contributed by atoms with Gasteiger partial charge in [0.2, 0.25) is 0 Å². The van der Waals surface area contributed by atoms with Gasteiger partial charge in [-0.15, -0.1) is 0 Å². The Bertz CT molecular complexity index is 432. The fourth-order valence-corrected chi connectivity index (χ4v) is 3.68. The van der Waals surface area contributed by atoms with Gasteiger partial charge >= 0.3 is 0 Å². The average molecular weight is 249 g/mol. The minimum absolute atomic E-state index is 0.0368. The van der Waals surface area contributed by atoms with Crippen LogP contribution in [0.4, 0.5) is 4.39 Å². The molecule has 1 aliphatic heterocycles. The maximum Gasteiger partial charge on any atom is 0.127 e. The first kappa shape index (κ1) is 12.1. The molecule has 3 heteroatoms. The predicted octanol–water partition coefficient (Wildman–Crippen LogP) is 2.78. The lowest BCUT2D eigenvalue weighted by Gasteiger charge is -2.48. The van der Waals surface area contributed by atoms with Crippen LogP contribution in [0.2, 0.25) is 0 Å². The molecule has 1 aromatic rings. The Balaban J connectivity index is 1.94. The fourth-order valence-electron chi connectivity index (χ4n) is 3.68. The Morgan fingerprint density at radius 2 is 2.06 bits per heavy atom. The van der Waals surface area contributed by atoms with Crippen molar-refractivity contribution < 1.29 is 9.50 Å². The summed E-state index contributed by atoms with van der Waals surface area (Å²) in [5.41, 5.74) is 0.124. The first-order valence-electron chi connectivity index (χ1n) is 6.91. The van der Waals surface area contributed by atoms with Crippen LogP contribution in [0.1, 0.15) is 43.7 Å². The van der Waals surface area contributed by atoms with Crippen LogP contribution in [0.25, 0.3) is 0 Å². The fraction of sp³-hybridized carbons (Fsp3) is 0.600. The molecule has 2 fully saturated rings. The third kappa shape index (κ3) is 1.95. The second kappa shape index (κ2) is 4.63. The number of nitrogens with one attached hydrogen (secondary N) is 1. The minimum atomic E-state index is -0.587. The summed E-state index contributed by atoms with van der Waals surface area (Å²) in [6.45, 7) is 0.770. The van der Waals surface area contributed by atoms with Crippen molar-refractivity contribution in [1.29, 1.82) is 0 Å². The number of hydrogen-bond donors (Lipinski definition) is 2. The molecule has 0 aromatic heterocycles. The Morgan fingerprint density at radius 3 is 2.89 bits per heavy atom. The molecule has 0 amide bonds. The van der Waals surface area contributed by atoms with Crippen molar-refractivity contribution in [2.24, 2.45) is 5.92 Å². The van der Waals surface area contributed by atoms with E-state index in [1.807, 2.05) is 12.1 Å². The molecular weight excluding hydrogens is 229 g/mol. The molecule has 0 radical (unpaired) electrons. The Labute approximate surface area is 107 Å². The molecule has 98 valence electrons. The van der Waals surface area contributed by atoms with E-state index in [9.17, 15) is 9.50 Å². The maximum atomic E-state index is 13.9. The quantitative estimate of drug-likeness (QED) is 0.802. The highest BCUT2D eigenvalue weighted by Crippen LogP contribution is 2.45. The third-order valence-corrected chi connectivity index (χ3v) is 4.63. The number of halogens is 1. The number of aliphatic hydroxyl groups is 1. The normalized spacial score (nSPS) is 36.1. The van der Waals surface area contributed by atoms with Gasteiger partial charge in [-0.3, -0.25) is 0 Å². The Morgan fingerprint density at radius 1 is 1.22 bits per heavy atom. The summed E-state index contributed by atoms with van der Waals surface area (Å²) in [6, 6.07) is 6.90. The molecule has 2 aliphatic rings. The highest BCUT2D eigenvalue weighted by atomic mass is 19.1. The van der Waals surface area contributed by atoms with Crippen LogP contribution in [-0.4, -0.2) is 17.3 Å². The summed E-state index contributed by atoms with van der Waals surface area (Å²) in [6.07, 6.45) is 4.88. The monoisotopic (exact) mass is 249 g/mol. The smallest absolute Gasteiger partial charge is 0.127 e. The lowest BCUT2D eigenvalue weighted by molar-refractivity contribution is -0.0865. The van der Waals surface area contributed by atoms with E-state index in [1.54, 1.807) is 6.07 Å². The van der Waals surface area contributed by atoms with E-state index in [0.29, 0.717) is 5.56 Å². The molecule has 1 saturated heterocycles. The zero-order chi connectivity index (χ0) is 12.6. The Kier molecular flexibility index (Phi) is 3.12. The van der Waals surface area contributed by atoms with Crippen molar-refractivity contribution in [3.05, 3.63) is 35.6 Å². The van der Waals surface area contributed by atoms with E-state index in [0.717, 1.165) is 38.6 Å². The molecule has 18 heavy (non-hydrogen) atoms. The van der Waals surface area contributed by atoms with Crippen molar-refractivity contribution in [3.63, 3.8) is 0 Å². The first-order chi connectivity index (χ1) is 8.71. The standard InChI is InChI=1S/C15H20FNO/c16-13-7-2-1-5-11(13)14-12-6-3-4-8-15(12,18)9-10-17-14/h1-2,5,7,12,14,17-18H,3-4,6,8-10H2. The number of piperidine rings is 1. The number of benzene rings is 1. The summed E-state index contributed by atoms with van der Waals surface area (Å²) in [5, 5.41) is 14.2. The van der Waals surface area contributed by atoms with Crippen LogP contribution in [0.3, 0.4) is 0 Å². The lowest BCUT2D eigenvalue weighted by atomic mass is 9.67. The SMILES string of the molecule is OC12CCCCC1C(c1ccccc1F)NCC2. The molecule has 2 N–H and O–H groups in total. The van der Waals surface area contributed by atoms with Crippen molar-refractivity contribution in [2.45, 2.75) is 43.7 Å². The van der Waals surface area contributed by atoms with Crippen LogP contribution in [0.15, 0.2) is 24.3 Å². The summed E-state index contributed by atoms with van der Waals surface area (Å²) in [4.78, 5) is 0. The van der Waals surface area contributed by atoms with Gasteiger partial charge in [-0.1, -0.05) is 31.0 Å². The van der Waals surface area contributed by atoms with Gasteiger partial charge in [-0.25, -0.2) is 4.39 Å². The van der Waals surface area contributed by atoms with E-state index in [-0.39, 0.29) is 17.8 Å². The average Bonchev–Trinajstić information content (AvgIpc) is 2.38. The topological polar surface area (TPSA) is 32.3 Å². The molecule has 0 bridgehead atoms. The summed E-state index contributed by atoms with van der Waals surface area (Å²) >= 11 is 0. The molecule has 1 aliphatic carbocycles. The third-order valence-electron chi connectivity index (χ3n) is 4.63. The first-order valence-corrected chi connectivity index (χ1v) is 6.91. The van der Waals surface area contributed by atoms with Crippen LogP contribution in [-0.2, 0) is 0 Å². The molecule has 3 unspecified atom stereocenters. The maximum absolute atomic E-state index is 13.9. The van der Waals surface area contributed by atoms with E-state index < -0.39 is 5.60 Å². The molecule has 1 aromatic carbocycles. The summed E-state index contributed by atoms with van der Waals surface area (Å²) < 4.78 is 13.9. The molecule has 3 rings (SSSR count). The molecule has 2 nitrogen and oxygen atoms in total. The van der Waals surface area contributed by atoms with Crippen LogP contribution in [0, 0.1) is 11.7 Å². The number of fused-ring (bicyclic) bond motifs is 1. The van der Waals surface area contributed by atoms with Gasteiger partial charge in [-0.05, 0) is 31.9 Å². The van der Waals surface area contributed by atoms with Gasteiger partial charge in [0.05, 0.1) is 5.60 Å². The van der Waals surface area contributed by atoms with Gasteiger partial charge in [0, 0.05) is 17.5 Å². The zero-order valence-corrected chi connectivity index (χ0v) is 10.5. The van der Waals surface area contributed by atoms with Crippen LogP contribution < -0.4 is 5.32 Å². The summed E-state index contributed by atoms with van der Waals surface area (Å²) in [5.74, 6) is -0.0123. The van der Waals surface area contributed by atoms with Crippen molar-refractivity contribution in [3.8, 4) is 0 Å². The highest BCUT2D eigenvalue weighted by molar-refractivity contribution is 5.24. The minimum Gasteiger partial charge on any atom is -0.389 e. The van der Waals surface area contributed by atoms with E-state index in [4.69, 9.17) is 0 Å². The van der Waals surface area contributed by atoms with E-state index >= 15 is 0 Å². The van der Waals surface area contributed by atoms with Gasteiger partial charge < -0.3 is 10.4 Å². The van der Waals surface area contributed by atoms with Gasteiger partial charge in [0.25, 0.3) is 0 Å². The number of rotatable bonds is 1. The van der Waals surface area contributed by atoms with Crippen molar-refractivity contribution in [1.82, 2.24) is 5.32 Å². The van der Waals surface area contributed by atoms with Crippen LogP contribution in [0.5, 0.6) is 0 Å². The van der Waals surface area contributed by atoms with Gasteiger partial charge in [0.1, 0.15) is 5.82 Å². The summed E-state index contributed by atoms with van der Waals surface area (Å²) in [7, 11) is 0. The van der Waals surface area contributed by atoms with E-state index in [1.165, 1.54) is 6.07 Å². The van der Waals surface area contributed by atoms with Gasteiger partial charge in [0.15, 0.2) is 0 Å². The second-order valence-corrected chi connectivity index (χ2v) is 5.66. The largest absolute Gasteiger partial charge is 0.389 e. The van der Waals surface area contributed by atoms with Crippen LogP contribution >= 0.6 is 0 Å². The van der Waals surface area contributed by atoms with Gasteiger partial charge in [-0.2, -0.15) is 0 Å². The molecular formula is C15H20FNO. The highest BCUT2D eigenvalue weighted by Gasteiger charge is 2.46. The zero-order valence-electron chi connectivity index (χ0n) is 10.5. The molecule has 0 spiro atoms. The lowest BCUT2D eigenvalue weighted by Crippen LogP contribution is -2.53. The second-order valence-electron chi connectivity index (χ2n) is 5.66. The molecule has 3 atom stereocenters. The number of hydrogen-bond acceptors (Lipinski definition) is 2. The van der Waals surface area contributed by atoms with Crippen molar-refractivity contribution >= 4 is 0 Å². The van der Waals surface area contributed by atoms with E-state index in [2.05, 4.69) is 5.32 Å². The Hall–Kier alpha value is -0.930. The van der Waals surface area contributed by atoms with Crippen molar-refractivity contribution in [2.75, 3.05) is 6.54 Å².